The molecule has 1 fully saturated rings. The van der Waals surface area contributed by atoms with Crippen molar-refractivity contribution >= 4 is 29.2 Å². The normalized spacial score (nSPS) is 21.0. The van der Waals surface area contributed by atoms with E-state index >= 15 is 0 Å². The quantitative estimate of drug-likeness (QED) is 0.864. The highest BCUT2D eigenvalue weighted by Crippen LogP contribution is 2.31. The van der Waals surface area contributed by atoms with Gasteiger partial charge in [-0.15, -0.1) is 0 Å². The van der Waals surface area contributed by atoms with Crippen LogP contribution in [0.15, 0.2) is 24.3 Å². The second-order valence-corrected chi connectivity index (χ2v) is 6.47. The molecule has 1 aliphatic carbocycles. The molecule has 0 spiro atoms. The first-order valence-electron chi connectivity index (χ1n) is 8.44. The van der Waals surface area contributed by atoms with E-state index in [0.29, 0.717) is 11.4 Å². The Morgan fingerprint density at radius 1 is 1.25 bits per heavy atom. The molecule has 1 aromatic rings. The van der Waals surface area contributed by atoms with Crippen LogP contribution >= 0.6 is 0 Å². The van der Waals surface area contributed by atoms with Crippen molar-refractivity contribution in [3.8, 4) is 0 Å². The molecule has 1 N–H and O–H groups in total. The van der Waals surface area contributed by atoms with Gasteiger partial charge in [0.2, 0.25) is 5.91 Å². The Morgan fingerprint density at radius 3 is 2.71 bits per heavy atom. The number of carbonyl (C=O) groups is 3. The van der Waals surface area contributed by atoms with Crippen LogP contribution in [0.5, 0.6) is 0 Å². The summed E-state index contributed by atoms with van der Waals surface area (Å²) in [5.74, 6) is -0.799. The molecular weight excluding hydrogens is 308 g/mol. The zero-order valence-corrected chi connectivity index (χ0v) is 13.8. The highest BCUT2D eigenvalue weighted by atomic mass is 16.5. The molecule has 128 valence electrons. The van der Waals surface area contributed by atoms with E-state index in [0.717, 1.165) is 25.7 Å². The van der Waals surface area contributed by atoms with Crippen LogP contribution in [-0.2, 0) is 19.1 Å². The topological polar surface area (TPSA) is 75.7 Å². The van der Waals surface area contributed by atoms with Gasteiger partial charge in [-0.1, -0.05) is 25.0 Å². The third-order valence-corrected chi connectivity index (χ3v) is 4.65. The predicted octanol–water partition coefficient (Wildman–Crippen LogP) is 2.48. The number of benzene rings is 1. The molecule has 0 saturated heterocycles. The van der Waals surface area contributed by atoms with Gasteiger partial charge in [-0.25, -0.2) is 0 Å². The Kier molecular flexibility index (Phi) is 4.83. The summed E-state index contributed by atoms with van der Waals surface area (Å²) in [4.78, 5) is 38.2. The molecule has 24 heavy (non-hydrogen) atoms. The minimum absolute atomic E-state index is 0.0742. The third-order valence-electron chi connectivity index (χ3n) is 4.65. The van der Waals surface area contributed by atoms with Gasteiger partial charge in [0.05, 0.1) is 17.3 Å². The van der Waals surface area contributed by atoms with Crippen LogP contribution in [0.1, 0.15) is 39.0 Å². The first kappa shape index (κ1) is 16.5. The minimum Gasteiger partial charge on any atom is -0.455 e. The number of nitrogens with one attached hydrogen (secondary N) is 1. The van der Waals surface area contributed by atoms with Gasteiger partial charge in [0.1, 0.15) is 0 Å². The van der Waals surface area contributed by atoms with E-state index in [4.69, 9.17) is 4.74 Å². The number of esters is 1. The lowest BCUT2D eigenvalue weighted by molar-refractivity contribution is -0.152. The summed E-state index contributed by atoms with van der Waals surface area (Å²) < 4.78 is 5.24. The molecule has 1 aromatic carbocycles. The molecule has 1 saturated carbocycles. The smallest absolute Gasteiger partial charge is 0.309 e. The number of fused-ring (bicyclic) bond motifs is 1. The second-order valence-electron chi connectivity index (χ2n) is 6.47. The maximum atomic E-state index is 12.7. The predicted molar refractivity (Wildman–Crippen MR) is 89.6 cm³/mol. The summed E-state index contributed by atoms with van der Waals surface area (Å²) in [5.41, 5.74) is 1.24. The van der Waals surface area contributed by atoms with Crippen molar-refractivity contribution in [2.75, 3.05) is 16.8 Å². The minimum atomic E-state index is -0.308. The molecule has 6 nitrogen and oxygen atoms in total. The SMILES string of the molecule is C[C@@H]1CC(=O)Nc2ccccc2N1C(=O)COC(=O)C1CCCC1. The summed E-state index contributed by atoms with van der Waals surface area (Å²) in [6.07, 6.45) is 3.97. The molecule has 1 aliphatic heterocycles. The average Bonchev–Trinajstić information content (AvgIpc) is 3.04. The fraction of sp³-hybridized carbons (Fsp3) is 0.500. The Labute approximate surface area is 141 Å². The fourth-order valence-corrected chi connectivity index (χ4v) is 3.45. The van der Waals surface area contributed by atoms with Gasteiger partial charge in [0.15, 0.2) is 6.61 Å². The van der Waals surface area contributed by atoms with Gasteiger partial charge < -0.3 is 15.0 Å². The summed E-state index contributed by atoms with van der Waals surface area (Å²) in [7, 11) is 0. The number of amides is 2. The molecule has 3 rings (SSSR count). The zero-order chi connectivity index (χ0) is 17.1. The Balaban J connectivity index is 1.72. The second kappa shape index (κ2) is 7.03. The van der Waals surface area contributed by atoms with E-state index in [2.05, 4.69) is 5.32 Å². The van der Waals surface area contributed by atoms with Gasteiger partial charge in [0, 0.05) is 12.5 Å². The van der Waals surface area contributed by atoms with Crippen molar-refractivity contribution in [2.24, 2.45) is 5.92 Å². The monoisotopic (exact) mass is 330 g/mol. The van der Waals surface area contributed by atoms with Crippen LogP contribution in [0.2, 0.25) is 0 Å². The van der Waals surface area contributed by atoms with Gasteiger partial charge in [-0.2, -0.15) is 0 Å². The Hall–Kier alpha value is -2.37. The molecule has 2 amide bonds. The number of carbonyl (C=O) groups excluding carboxylic acids is 3. The van der Waals surface area contributed by atoms with E-state index in [-0.39, 0.29) is 42.8 Å². The number of ether oxygens (including phenoxy) is 1. The number of rotatable bonds is 3. The molecule has 1 atom stereocenters. The Bertz CT molecular complexity index is 652. The van der Waals surface area contributed by atoms with Crippen LogP contribution in [0.25, 0.3) is 0 Å². The largest absolute Gasteiger partial charge is 0.455 e. The van der Waals surface area contributed by atoms with Crippen LogP contribution in [0.3, 0.4) is 0 Å². The molecule has 0 bridgehead atoms. The summed E-state index contributed by atoms with van der Waals surface area (Å²) >= 11 is 0. The highest BCUT2D eigenvalue weighted by molar-refractivity contribution is 6.05. The van der Waals surface area contributed by atoms with Crippen molar-refractivity contribution < 1.29 is 19.1 Å². The van der Waals surface area contributed by atoms with Gasteiger partial charge >= 0.3 is 5.97 Å². The first-order chi connectivity index (χ1) is 11.6. The maximum absolute atomic E-state index is 12.7. The maximum Gasteiger partial charge on any atom is 0.309 e. The van der Waals surface area contributed by atoms with Crippen LogP contribution < -0.4 is 10.2 Å². The lowest BCUT2D eigenvalue weighted by Crippen LogP contribution is -2.41. The number of hydrogen-bond acceptors (Lipinski definition) is 4. The molecule has 6 heteroatoms. The van der Waals surface area contributed by atoms with Crippen molar-refractivity contribution in [2.45, 2.75) is 45.1 Å². The van der Waals surface area contributed by atoms with E-state index < -0.39 is 0 Å². The summed E-state index contributed by atoms with van der Waals surface area (Å²) in [5, 5.41) is 2.81. The van der Waals surface area contributed by atoms with E-state index in [1.165, 1.54) is 0 Å². The van der Waals surface area contributed by atoms with Crippen LogP contribution in [0, 0.1) is 5.92 Å². The number of hydrogen-bond donors (Lipinski definition) is 1. The zero-order valence-electron chi connectivity index (χ0n) is 13.8. The lowest BCUT2D eigenvalue weighted by atomic mass is 10.1. The van der Waals surface area contributed by atoms with Crippen LogP contribution in [-0.4, -0.2) is 30.4 Å². The van der Waals surface area contributed by atoms with Crippen molar-refractivity contribution in [1.29, 1.82) is 0 Å². The first-order valence-corrected chi connectivity index (χ1v) is 8.44. The molecular formula is C18H22N2O4. The lowest BCUT2D eigenvalue weighted by Gasteiger charge is -2.27. The van der Waals surface area contributed by atoms with E-state index in [9.17, 15) is 14.4 Å². The standard InChI is InChI=1S/C18H22N2O4/c1-12-10-16(21)19-14-8-4-5-9-15(14)20(12)17(22)11-24-18(23)13-6-2-3-7-13/h4-5,8-9,12-13H,2-3,6-7,10-11H2,1H3,(H,19,21)/t12-/m1/s1. The number of anilines is 2. The summed E-state index contributed by atoms with van der Waals surface area (Å²) in [6.45, 7) is 1.53. The third kappa shape index (κ3) is 3.42. The summed E-state index contributed by atoms with van der Waals surface area (Å²) in [6, 6.07) is 6.86. The molecule has 2 aliphatic rings. The van der Waals surface area contributed by atoms with Crippen LogP contribution in [0.4, 0.5) is 11.4 Å². The molecule has 0 aromatic heterocycles. The van der Waals surface area contributed by atoms with Crippen molar-refractivity contribution in [1.82, 2.24) is 0 Å². The fourth-order valence-electron chi connectivity index (χ4n) is 3.45. The van der Waals surface area contributed by atoms with Gasteiger partial charge in [0.25, 0.3) is 5.91 Å². The van der Waals surface area contributed by atoms with E-state index in [1.54, 1.807) is 23.1 Å². The van der Waals surface area contributed by atoms with Gasteiger partial charge in [-0.3, -0.25) is 14.4 Å². The van der Waals surface area contributed by atoms with Gasteiger partial charge in [-0.05, 0) is 31.9 Å². The van der Waals surface area contributed by atoms with E-state index in [1.807, 2.05) is 13.0 Å². The average molecular weight is 330 g/mol. The van der Waals surface area contributed by atoms with Crippen molar-refractivity contribution in [3.63, 3.8) is 0 Å². The highest BCUT2D eigenvalue weighted by Gasteiger charge is 2.31. The molecule has 0 unspecified atom stereocenters. The number of nitrogens with zero attached hydrogens (tertiary/aromatic N) is 1. The Morgan fingerprint density at radius 2 is 1.96 bits per heavy atom. The molecule has 1 heterocycles. The number of para-hydroxylation sites is 2. The molecule has 0 radical (unpaired) electrons. The van der Waals surface area contributed by atoms with Crippen molar-refractivity contribution in [3.05, 3.63) is 24.3 Å².